The Kier molecular flexibility index (Phi) is 6.10. The van der Waals surface area contributed by atoms with E-state index in [1.807, 2.05) is 30.3 Å². The Morgan fingerprint density at radius 2 is 1.79 bits per heavy atom. The van der Waals surface area contributed by atoms with Gasteiger partial charge >= 0.3 is 0 Å². The number of ether oxygens (including phenoxy) is 2. The average Bonchev–Trinajstić information content (AvgIpc) is 3.14. The maximum absolute atomic E-state index is 5.52. The second-order valence-electron chi connectivity index (χ2n) is 7.30. The van der Waals surface area contributed by atoms with Gasteiger partial charge in [0.2, 0.25) is 5.95 Å². The molecule has 2 heterocycles. The summed E-state index contributed by atoms with van der Waals surface area (Å²) in [6.07, 6.45) is 5.75. The number of imidazole rings is 1. The lowest BCUT2D eigenvalue weighted by molar-refractivity contribution is 0.222. The van der Waals surface area contributed by atoms with Crippen molar-refractivity contribution in [2.45, 2.75) is 25.8 Å². The molecule has 1 fully saturated rings. The topological polar surface area (TPSA) is 51.9 Å². The standard InChI is InChI=1S/C23H28N4O2/c1-28-21-12-8-9-18(22(21)29-2)17-24-23-25-19-10-4-5-11-20(19)27(23)16-15-26-13-6-3-7-14-26/h4-5,8-12,17H,3,6-7,13-16H2,1-2H3. The molecule has 3 aromatic rings. The third kappa shape index (κ3) is 4.27. The molecular weight excluding hydrogens is 364 g/mol. The fraction of sp³-hybridized carbons (Fsp3) is 0.391. The van der Waals surface area contributed by atoms with E-state index >= 15 is 0 Å². The van der Waals surface area contributed by atoms with Crippen molar-refractivity contribution >= 4 is 23.2 Å². The van der Waals surface area contributed by atoms with Crippen LogP contribution in [0.2, 0.25) is 0 Å². The number of aliphatic imine (C=N–C) groups is 1. The zero-order valence-corrected chi connectivity index (χ0v) is 17.2. The van der Waals surface area contributed by atoms with Gasteiger partial charge in [0, 0.05) is 24.9 Å². The van der Waals surface area contributed by atoms with E-state index in [1.165, 1.54) is 32.4 Å². The van der Waals surface area contributed by atoms with Crippen molar-refractivity contribution < 1.29 is 9.47 Å². The van der Waals surface area contributed by atoms with E-state index in [-0.39, 0.29) is 0 Å². The number of hydrogen-bond acceptors (Lipinski definition) is 5. The molecule has 0 radical (unpaired) electrons. The van der Waals surface area contributed by atoms with Gasteiger partial charge in [-0.1, -0.05) is 24.6 Å². The largest absolute Gasteiger partial charge is 0.493 e. The molecule has 1 saturated heterocycles. The van der Waals surface area contributed by atoms with E-state index in [0.29, 0.717) is 17.4 Å². The molecule has 0 aliphatic carbocycles. The number of benzene rings is 2. The highest BCUT2D eigenvalue weighted by Crippen LogP contribution is 2.30. The van der Waals surface area contributed by atoms with Gasteiger partial charge in [-0.3, -0.25) is 0 Å². The average molecular weight is 393 g/mol. The zero-order chi connectivity index (χ0) is 20.1. The van der Waals surface area contributed by atoms with Crippen LogP contribution in [0.15, 0.2) is 47.5 Å². The van der Waals surface area contributed by atoms with Crippen molar-refractivity contribution in [3.8, 4) is 11.5 Å². The first-order valence-electron chi connectivity index (χ1n) is 10.2. The summed E-state index contributed by atoms with van der Waals surface area (Å²) >= 11 is 0. The summed E-state index contributed by atoms with van der Waals surface area (Å²) in [6.45, 7) is 4.27. The van der Waals surface area contributed by atoms with E-state index in [9.17, 15) is 0 Å². The molecule has 6 heteroatoms. The van der Waals surface area contributed by atoms with Gasteiger partial charge in [-0.2, -0.15) is 0 Å². The van der Waals surface area contributed by atoms with Gasteiger partial charge in [0.05, 0.1) is 25.3 Å². The van der Waals surface area contributed by atoms with Gasteiger partial charge in [0.15, 0.2) is 11.5 Å². The van der Waals surface area contributed by atoms with Crippen LogP contribution in [0.3, 0.4) is 0 Å². The molecule has 1 aliphatic rings. The zero-order valence-electron chi connectivity index (χ0n) is 17.2. The monoisotopic (exact) mass is 392 g/mol. The third-order valence-corrected chi connectivity index (χ3v) is 5.48. The van der Waals surface area contributed by atoms with Crippen LogP contribution in [0.25, 0.3) is 11.0 Å². The van der Waals surface area contributed by atoms with Crippen molar-refractivity contribution in [3.63, 3.8) is 0 Å². The molecule has 29 heavy (non-hydrogen) atoms. The highest BCUT2D eigenvalue weighted by Gasteiger charge is 2.14. The quantitative estimate of drug-likeness (QED) is 0.563. The predicted octanol–water partition coefficient (Wildman–Crippen LogP) is 4.29. The lowest BCUT2D eigenvalue weighted by Gasteiger charge is -2.26. The number of hydrogen-bond donors (Lipinski definition) is 0. The summed E-state index contributed by atoms with van der Waals surface area (Å²) in [5, 5.41) is 0. The third-order valence-electron chi connectivity index (χ3n) is 5.48. The molecule has 4 rings (SSSR count). The molecular formula is C23H28N4O2. The molecule has 0 saturated carbocycles. The molecule has 0 spiro atoms. The Morgan fingerprint density at radius 1 is 0.966 bits per heavy atom. The summed E-state index contributed by atoms with van der Waals surface area (Å²) in [5.74, 6) is 2.08. The Balaban J connectivity index is 1.64. The smallest absolute Gasteiger partial charge is 0.230 e. The van der Waals surface area contributed by atoms with Gasteiger partial charge in [0.1, 0.15) is 0 Å². The molecule has 6 nitrogen and oxygen atoms in total. The van der Waals surface area contributed by atoms with Gasteiger partial charge in [-0.25, -0.2) is 9.98 Å². The second-order valence-corrected chi connectivity index (χ2v) is 7.30. The molecule has 0 unspecified atom stereocenters. The predicted molar refractivity (Wildman–Crippen MR) is 117 cm³/mol. The summed E-state index contributed by atoms with van der Waals surface area (Å²) in [5.41, 5.74) is 2.95. The van der Waals surface area contributed by atoms with Crippen LogP contribution in [-0.2, 0) is 6.54 Å². The van der Waals surface area contributed by atoms with Crippen molar-refractivity contribution in [3.05, 3.63) is 48.0 Å². The first-order chi connectivity index (χ1) is 14.3. The van der Waals surface area contributed by atoms with Crippen LogP contribution >= 0.6 is 0 Å². The fourth-order valence-corrected chi connectivity index (χ4v) is 3.95. The first-order valence-corrected chi connectivity index (χ1v) is 10.2. The van der Waals surface area contributed by atoms with Gasteiger partial charge in [-0.05, 0) is 50.2 Å². The van der Waals surface area contributed by atoms with Crippen molar-refractivity contribution in [2.24, 2.45) is 4.99 Å². The van der Waals surface area contributed by atoms with Crippen molar-refractivity contribution in [1.82, 2.24) is 14.5 Å². The molecule has 152 valence electrons. The second kappa shape index (κ2) is 9.09. The van der Waals surface area contributed by atoms with Gasteiger partial charge < -0.3 is 18.9 Å². The van der Waals surface area contributed by atoms with Crippen molar-refractivity contribution in [2.75, 3.05) is 33.9 Å². The van der Waals surface area contributed by atoms with E-state index < -0.39 is 0 Å². The molecule has 1 aromatic heterocycles. The van der Waals surface area contributed by atoms with Crippen molar-refractivity contribution in [1.29, 1.82) is 0 Å². The highest BCUT2D eigenvalue weighted by atomic mass is 16.5. The molecule has 0 amide bonds. The van der Waals surface area contributed by atoms with Crippen LogP contribution in [-0.4, -0.2) is 54.5 Å². The number of methoxy groups -OCH3 is 2. The maximum Gasteiger partial charge on any atom is 0.230 e. The lowest BCUT2D eigenvalue weighted by Crippen LogP contribution is -2.32. The lowest BCUT2D eigenvalue weighted by atomic mass is 10.1. The van der Waals surface area contributed by atoms with E-state index in [4.69, 9.17) is 19.5 Å². The minimum atomic E-state index is 0.676. The number of para-hydroxylation sites is 3. The molecule has 0 bridgehead atoms. The minimum Gasteiger partial charge on any atom is -0.493 e. The number of rotatable bonds is 7. The van der Waals surface area contributed by atoms with E-state index in [2.05, 4.69) is 21.6 Å². The Hall–Kier alpha value is -2.86. The Labute approximate surface area is 171 Å². The SMILES string of the molecule is COc1cccc(C=Nc2nc3ccccc3n2CCN2CCCCC2)c1OC. The number of fused-ring (bicyclic) bond motifs is 1. The summed E-state index contributed by atoms with van der Waals surface area (Å²) < 4.78 is 13.1. The van der Waals surface area contributed by atoms with Crippen LogP contribution in [0.1, 0.15) is 24.8 Å². The molecule has 2 aromatic carbocycles. The van der Waals surface area contributed by atoms with Gasteiger partial charge in [0.25, 0.3) is 0 Å². The maximum atomic E-state index is 5.52. The summed E-state index contributed by atoms with van der Waals surface area (Å²) in [7, 11) is 3.28. The van der Waals surface area contributed by atoms with Crippen LogP contribution in [0.4, 0.5) is 5.95 Å². The minimum absolute atomic E-state index is 0.676. The summed E-state index contributed by atoms with van der Waals surface area (Å²) in [4.78, 5) is 12.0. The Morgan fingerprint density at radius 3 is 2.59 bits per heavy atom. The number of likely N-dealkylation sites (tertiary alicyclic amines) is 1. The van der Waals surface area contributed by atoms with E-state index in [0.717, 1.165) is 29.7 Å². The number of nitrogens with zero attached hydrogens (tertiary/aromatic N) is 4. The van der Waals surface area contributed by atoms with Gasteiger partial charge in [-0.15, -0.1) is 0 Å². The molecule has 0 atom stereocenters. The van der Waals surface area contributed by atoms with Crippen LogP contribution in [0, 0.1) is 0 Å². The molecule has 0 N–H and O–H groups in total. The number of aromatic nitrogens is 2. The Bertz CT molecular complexity index is 990. The molecule has 1 aliphatic heterocycles. The first kappa shape index (κ1) is 19.5. The number of piperidine rings is 1. The summed E-state index contributed by atoms with van der Waals surface area (Å²) in [6, 6.07) is 14.0. The van der Waals surface area contributed by atoms with Crippen LogP contribution in [0.5, 0.6) is 11.5 Å². The van der Waals surface area contributed by atoms with Crippen LogP contribution < -0.4 is 9.47 Å². The highest BCUT2D eigenvalue weighted by molar-refractivity contribution is 5.87. The van der Waals surface area contributed by atoms with E-state index in [1.54, 1.807) is 20.4 Å². The fourth-order valence-electron chi connectivity index (χ4n) is 3.95. The normalized spacial score (nSPS) is 15.2.